The van der Waals surface area contributed by atoms with Crippen molar-refractivity contribution in [3.63, 3.8) is 0 Å². The van der Waals surface area contributed by atoms with Crippen LogP contribution in [0.3, 0.4) is 0 Å². The maximum Gasteiger partial charge on any atom is 0.326 e. The molecule has 4 aromatic carbocycles. The number of methoxy groups -OCH3 is 5. The van der Waals surface area contributed by atoms with Gasteiger partial charge in [0.15, 0.2) is 29.6 Å². The molecule has 7 rings (SSSR count). The van der Waals surface area contributed by atoms with Gasteiger partial charge < -0.3 is 49.1 Å². The minimum atomic E-state index is -1.12. The van der Waals surface area contributed by atoms with Crippen molar-refractivity contribution in [3.05, 3.63) is 100 Å². The zero-order chi connectivity index (χ0) is 51.6. The van der Waals surface area contributed by atoms with Crippen LogP contribution in [0.5, 0.6) is 34.5 Å². The lowest BCUT2D eigenvalue weighted by molar-refractivity contribution is -0.153. The molecule has 2 fully saturated rings. The monoisotopic (exact) mass is 991 g/mol. The van der Waals surface area contributed by atoms with Crippen LogP contribution in [0, 0.1) is 0 Å². The average Bonchev–Trinajstić information content (AvgIpc) is 3.64. The quantitative estimate of drug-likeness (QED) is 0.0580. The van der Waals surface area contributed by atoms with E-state index in [1.54, 1.807) is 44.6 Å². The van der Waals surface area contributed by atoms with E-state index in [2.05, 4.69) is 16.0 Å². The molecule has 4 atom stereocenters. The predicted molar refractivity (Wildman–Crippen MR) is 262 cm³/mol. The van der Waals surface area contributed by atoms with E-state index >= 15 is 0 Å². The Morgan fingerprint density at radius 1 is 0.778 bits per heavy atom. The van der Waals surface area contributed by atoms with Crippen LogP contribution in [-0.4, -0.2) is 130 Å². The third-order valence-corrected chi connectivity index (χ3v) is 13.5. The van der Waals surface area contributed by atoms with Gasteiger partial charge in [0.25, 0.3) is 17.7 Å². The van der Waals surface area contributed by atoms with E-state index < -0.39 is 47.6 Å². The number of benzene rings is 4. The number of piperidine rings is 2. The highest BCUT2D eigenvalue weighted by Gasteiger charge is 2.46. The molecule has 3 aliphatic rings. The lowest BCUT2D eigenvalue weighted by Gasteiger charge is -2.40. The highest BCUT2D eigenvalue weighted by Crippen LogP contribution is 2.46. The fraction of sp³-hybridized carbons (Fsp3) is 0.415. The number of carbonyl (C=O) groups is 7. The van der Waals surface area contributed by atoms with Crippen LogP contribution < -0.4 is 44.4 Å². The summed E-state index contributed by atoms with van der Waals surface area (Å²) in [5.41, 5.74) is 3.94. The normalized spacial score (nSPS) is 17.9. The molecule has 4 N–H and O–H groups in total. The molecule has 3 aliphatic heterocycles. The third-order valence-electron chi connectivity index (χ3n) is 13.5. The first-order chi connectivity index (χ1) is 34.8. The Morgan fingerprint density at radius 3 is 2.15 bits per heavy atom. The minimum Gasteiger partial charge on any atom is -0.493 e. The second-order valence-electron chi connectivity index (χ2n) is 17.6. The molecule has 0 spiro atoms. The molecule has 0 aromatic heterocycles. The number of nitrogens with one attached hydrogen (secondary N) is 3. The summed E-state index contributed by atoms with van der Waals surface area (Å²) < 4.78 is 34.3. The Bertz CT molecular complexity index is 2700. The number of carbonyl (C=O) groups excluding carboxylic acids is 6. The van der Waals surface area contributed by atoms with Crippen molar-refractivity contribution in [2.24, 2.45) is 0 Å². The average molecular weight is 992 g/mol. The molecule has 72 heavy (non-hydrogen) atoms. The van der Waals surface area contributed by atoms with Gasteiger partial charge in [-0.3, -0.25) is 39.0 Å². The van der Waals surface area contributed by atoms with E-state index in [0.717, 1.165) is 21.6 Å². The second-order valence-corrected chi connectivity index (χ2v) is 17.6. The topological polar surface area (TPSA) is 238 Å². The summed E-state index contributed by atoms with van der Waals surface area (Å²) in [4.78, 5) is 93.6. The van der Waals surface area contributed by atoms with E-state index in [1.807, 2.05) is 37.3 Å². The number of nitrogens with zero attached hydrogens (tertiary/aromatic N) is 2. The molecule has 6 amide bonds. The Balaban J connectivity index is 0.960. The smallest absolute Gasteiger partial charge is 0.326 e. The van der Waals surface area contributed by atoms with Gasteiger partial charge in [0.2, 0.25) is 23.5 Å². The standard InChI is InChI=1S/C53H61N5O14/c1-7-34(33-27-41(68-3)47(70-5)42(28-33)69-4)50(62)57-25-22-32(26-38(57)53(65)66)45-31(18-20-40(67-2)48(45)71-6)14-10-13-30-12-8-9-17-39(30)72-29-44(60)55-24-23-54-36-16-11-15-35-46(36)52(64)58(51(35)63)37-19-21-43(59)56-49(37)61/h8-9,11-12,15-18,20,27-28,32,34,37-38,54H,7,10,13-14,19,21-26,29H2,1-6H3,(H,55,60)(H,65,66)(H,56,59,61)/t32?,34-,37?,38+/m0/s1. The number of aryl methyl sites for hydroxylation is 2. The van der Waals surface area contributed by atoms with E-state index in [-0.39, 0.29) is 74.4 Å². The van der Waals surface area contributed by atoms with Crippen LogP contribution in [0.2, 0.25) is 0 Å². The molecule has 3 heterocycles. The van der Waals surface area contributed by atoms with Crippen LogP contribution in [0.15, 0.2) is 66.7 Å². The first-order valence-electron chi connectivity index (χ1n) is 23.9. The molecular weight excluding hydrogens is 931 g/mol. The van der Waals surface area contributed by atoms with Crippen molar-refractivity contribution < 1.29 is 67.1 Å². The summed E-state index contributed by atoms with van der Waals surface area (Å²) in [6.45, 7) is 2.18. The third kappa shape index (κ3) is 10.9. The van der Waals surface area contributed by atoms with E-state index in [1.165, 1.54) is 32.3 Å². The van der Waals surface area contributed by atoms with Gasteiger partial charge in [0, 0.05) is 37.3 Å². The molecule has 19 heteroatoms. The number of hydrogen-bond donors (Lipinski definition) is 4. The lowest BCUT2D eigenvalue weighted by Crippen LogP contribution is -2.54. The van der Waals surface area contributed by atoms with Gasteiger partial charge in [-0.1, -0.05) is 37.3 Å². The first kappa shape index (κ1) is 52.0. The van der Waals surface area contributed by atoms with Gasteiger partial charge in [0.05, 0.1) is 52.6 Å². The Kier molecular flexibility index (Phi) is 16.9. The SMILES string of the molecule is CC[C@H](C(=O)N1CCC(c2c(CCCc3ccccc3OCC(=O)NCCNc3cccc4c3C(=O)N(C3CCC(=O)NC3=O)C4=O)ccc(OC)c2OC)C[C@@H]1C(=O)O)c1cc(OC)c(OC)c(OC)c1. The largest absolute Gasteiger partial charge is 0.493 e. The zero-order valence-electron chi connectivity index (χ0n) is 41.3. The van der Waals surface area contributed by atoms with Gasteiger partial charge >= 0.3 is 5.97 Å². The van der Waals surface area contributed by atoms with Gasteiger partial charge in [0.1, 0.15) is 17.8 Å². The van der Waals surface area contributed by atoms with Crippen LogP contribution in [0.1, 0.15) is 100 Å². The molecule has 0 saturated carbocycles. The van der Waals surface area contributed by atoms with E-state index in [4.69, 9.17) is 28.4 Å². The van der Waals surface area contributed by atoms with Crippen molar-refractivity contribution >= 4 is 47.1 Å². The molecule has 19 nitrogen and oxygen atoms in total. The number of rotatable bonds is 22. The van der Waals surface area contributed by atoms with Crippen molar-refractivity contribution in [3.8, 4) is 34.5 Å². The summed E-state index contributed by atoms with van der Waals surface area (Å²) in [7, 11) is 7.60. The number of carboxylic acid groups (broad SMARTS) is 1. The molecule has 2 unspecified atom stereocenters. The van der Waals surface area contributed by atoms with Crippen molar-refractivity contribution in [2.75, 3.05) is 67.1 Å². The summed E-state index contributed by atoms with van der Waals surface area (Å²) in [6.07, 6.45) is 2.93. The molecule has 0 radical (unpaired) electrons. The van der Waals surface area contributed by atoms with Gasteiger partial charge in [-0.15, -0.1) is 0 Å². The summed E-state index contributed by atoms with van der Waals surface area (Å²) in [5, 5.41) is 18.8. The molecule has 0 aliphatic carbocycles. The number of amides is 6. The highest BCUT2D eigenvalue weighted by molar-refractivity contribution is 6.25. The maximum atomic E-state index is 14.4. The number of fused-ring (bicyclic) bond motifs is 1. The summed E-state index contributed by atoms with van der Waals surface area (Å²) >= 11 is 0. The number of likely N-dealkylation sites (tertiary alicyclic amines) is 1. The molecule has 0 bridgehead atoms. The Labute approximate surface area is 417 Å². The fourth-order valence-corrected chi connectivity index (χ4v) is 10.0. The van der Waals surface area contributed by atoms with Crippen LogP contribution in [-0.2, 0) is 36.8 Å². The minimum absolute atomic E-state index is 0.0140. The lowest BCUT2D eigenvalue weighted by atomic mass is 9.80. The number of carboxylic acids is 1. The highest BCUT2D eigenvalue weighted by atomic mass is 16.5. The van der Waals surface area contributed by atoms with Crippen LogP contribution in [0.25, 0.3) is 0 Å². The van der Waals surface area contributed by atoms with Crippen molar-refractivity contribution in [1.29, 1.82) is 0 Å². The number of aliphatic carboxylic acids is 1. The van der Waals surface area contributed by atoms with Gasteiger partial charge in [-0.2, -0.15) is 0 Å². The fourth-order valence-electron chi connectivity index (χ4n) is 10.0. The van der Waals surface area contributed by atoms with Crippen LogP contribution in [0.4, 0.5) is 5.69 Å². The summed E-state index contributed by atoms with van der Waals surface area (Å²) in [5.74, 6) is -2.39. The molecular formula is C53H61N5O14. The number of anilines is 1. The first-order valence-corrected chi connectivity index (χ1v) is 23.9. The zero-order valence-corrected chi connectivity index (χ0v) is 41.3. The number of hydrogen-bond acceptors (Lipinski definition) is 14. The van der Waals surface area contributed by atoms with Crippen molar-refractivity contribution in [2.45, 2.75) is 82.2 Å². The predicted octanol–water partition coefficient (Wildman–Crippen LogP) is 5.27. The molecule has 4 aromatic rings. The Hall–Kier alpha value is -7.83. The Morgan fingerprint density at radius 2 is 1.49 bits per heavy atom. The van der Waals surface area contributed by atoms with Gasteiger partial charge in [-0.25, -0.2) is 4.79 Å². The number of imide groups is 2. The number of para-hydroxylation sites is 1. The summed E-state index contributed by atoms with van der Waals surface area (Å²) in [6, 6.07) is 17.3. The van der Waals surface area contributed by atoms with Crippen LogP contribution >= 0.6 is 0 Å². The second kappa shape index (κ2) is 23.4. The molecule has 2 saturated heterocycles. The maximum absolute atomic E-state index is 14.4. The molecule has 382 valence electrons. The van der Waals surface area contributed by atoms with E-state index in [0.29, 0.717) is 77.9 Å². The van der Waals surface area contributed by atoms with Crippen molar-refractivity contribution in [1.82, 2.24) is 20.4 Å². The van der Waals surface area contributed by atoms with E-state index in [9.17, 15) is 38.7 Å². The van der Waals surface area contributed by atoms with Gasteiger partial charge in [-0.05, 0) is 104 Å². The number of ether oxygens (including phenoxy) is 6.